The highest BCUT2D eigenvalue weighted by molar-refractivity contribution is 6.42. The SMILES string of the molecule is CC(O)C(NC(=O)C1CC1)C(=O)Nc1ccc(Cl)c(Cl)c1. The number of anilines is 1. The number of nitrogens with one attached hydrogen (secondary N) is 2. The summed E-state index contributed by atoms with van der Waals surface area (Å²) < 4.78 is 0. The molecule has 2 amide bonds. The van der Waals surface area contributed by atoms with Crippen LogP contribution in [-0.4, -0.2) is 29.1 Å². The molecule has 21 heavy (non-hydrogen) atoms. The lowest BCUT2D eigenvalue weighted by atomic mass is 10.1. The van der Waals surface area contributed by atoms with Gasteiger partial charge in [-0.2, -0.15) is 0 Å². The van der Waals surface area contributed by atoms with Crippen LogP contribution in [0.15, 0.2) is 18.2 Å². The summed E-state index contributed by atoms with van der Waals surface area (Å²) in [6.07, 6.45) is 0.648. The first-order valence-corrected chi connectivity index (χ1v) is 7.38. The van der Waals surface area contributed by atoms with E-state index in [1.54, 1.807) is 12.1 Å². The Labute approximate surface area is 132 Å². The average molecular weight is 331 g/mol. The van der Waals surface area contributed by atoms with E-state index in [9.17, 15) is 14.7 Å². The number of aliphatic hydroxyl groups is 1. The number of carbonyl (C=O) groups excluding carboxylic acids is 2. The Hall–Kier alpha value is -1.30. The fraction of sp³-hybridized carbons (Fsp3) is 0.429. The van der Waals surface area contributed by atoms with Crippen LogP contribution in [-0.2, 0) is 9.59 Å². The number of benzene rings is 1. The first-order chi connectivity index (χ1) is 9.88. The molecule has 1 aliphatic rings. The Bertz CT molecular complexity index is 559. The molecule has 7 heteroatoms. The van der Waals surface area contributed by atoms with Crippen LogP contribution in [0.25, 0.3) is 0 Å². The third-order valence-corrected chi connectivity index (χ3v) is 3.94. The summed E-state index contributed by atoms with van der Waals surface area (Å²) in [5, 5.41) is 15.5. The minimum atomic E-state index is -1.01. The Balaban J connectivity index is 2.03. The normalized spacial score (nSPS) is 17.0. The summed E-state index contributed by atoms with van der Waals surface area (Å²) in [7, 11) is 0. The highest BCUT2D eigenvalue weighted by atomic mass is 35.5. The second-order valence-electron chi connectivity index (χ2n) is 5.12. The van der Waals surface area contributed by atoms with Crippen LogP contribution in [0.5, 0.6) is 0 Å². The van der Waals surface area contributed by atoms with E-state index in [2.05, 4.69) is 10.6 Å². The summed E-state index contributed by atoms with van der Waals surface area (Å²) >= 11 is 11.7. The molecule has 1 saturated carbocycles. The van der Waals surface area contributed by atoms with Crippen molar-refractivity contribution in [2.75, 3.05) is 5.32 Å². The molecule has 0 aromatic heterocycles. The number of halogens is 2. The zero-order valence-corrected chi connectivity index (χ0v) is 12.9. The maximum absolute atomic E-state index is 12.2. The summed E-state index contributed by atoms with van der Waals surface area (Å²) in [6, 6.07) is 3.64. The molecule has 0 aliphatic heterocycles. The smallest absolute Gasteiger partial charge is 0.249 e. The van der Waals surface area contributed by atoms with Crippen LogP contribution in [0, 0.1) is 5.92 Å². The molecule has 0 saturated heterocycles. The Kier molecular flexibility index (Phi) is 5.08. The van der Waals surface area contributed by atoms with Gasteiger partial charge in [0.15, 0.2) is 0 Å². The fourth-order valence-electron chi connectivity index (χ4n) is 1.82. The molecule has 2 rings (SSSR count). The molecule has 1 aliphatic carbocycles. The van der Waals surface area contributed by atoms with E-state index in [0.717, 1.165) is 12.8 Å². The van der Waals surface area contributed by atoms with E-state index < -0.39 is 18.1 Å². The molecule has 1 fully saturated rings. The van der Waals surface area contributed by atoms with E-state index in [-0.39, 0.29) is 11.8 Å². The Morgan fingerprint density at radius 2 is 1.95 bits per heavy atom. The lowest BCUT2D eigenvalue weighted by molar-refractivity contribution is -0.129. The van der Waals surface area contributed by atoms with Crippen molar-refractivity contribution in [2.24, 2.45) is 5.92 Å². The van der Waals surface area contributed by atoms with Gasteiger partial charge in [-0.3, -0.25) is 9.59 Å². The molecule has 0 heterocycles. The van der Waals surface area contributed by atoms with Crippen LogP contribution in [0.2, 0.25) is 10.0 Å². The van der Waals surface area contributed by atoms with Crippen molar-refractivity contribution in [2.45, 2.75) is 31.9 Å². The van der Waals surface area contributed by atoms with Gasteiger partial charge < -0.3 is 15.7 Å². The number of carbonyl (C=O) groups is 2. The maximum atomic E-state index is 12.2. The number of aliphatic hydroxyl groups excluding tert-OH is 1. The molecule has 0 radical (unpaired) electrons. The van der Waals surface area contributed by atoms with Crippen LogP contribution >= 0.6 is 23.2 Å². The minimum absolute atomic E-state index is 0.0379. The van der Waals surface area contributed by atoms with Crippen LogP contribution in [0.3, 0.4) is 0 Å². The molecular weight excluding hydrogens is 315 g/mol. The van der Waals surface area contributed by atoms with Gasteiger partial charge >= 0.3 is 0 Å². The monoisotopic (exact) mass is 330 g/mol. The lowest BCUT2D eigenvalue weighted by Crippen LogP contribution is -2.50. The zero-order valence-electron chi connectivity index (χ0n) is 11.4. The van der Waals surface area contributed by atoms with E-state index in [4.69, 9.17) is 23.2 Å². The largest absolute Gasteiger partial charge is 0.391 e. The third kappa shape index (κ3) is 4.33. The van der Waals surface area contributed by atoms with E-state index >= 15 is 0 Å². The van der Waals surface area contributed by atoms with Gasteiger partial charge in [-0.05, 0) is 38.0 Å². The van der Waals surface area contributed by atoms with Gasteiger partial charge in [-0.15, -0.1) is 0 Å². The molecule has 3 N–H and O–H groups in total. The maximum Gasteiger partial charge on any atom is 0.249 e. The number of hydrogen-bond donors (Lipinski definition) is 3. The Morgan fingerprint density at radius 1 is 1.29 bits per heavy atom. The van der Waals surface area contributed by atoms with Crippen molar-refractivity contribution in [3.05, 3.63) is 28.2 Å². The van der Waals surface area contributed by atoms with E-state index in [1.165, 1.54) is 13.0 Å². The highest BCUT2D eigenvalue weighted by Crippen LogP contribution is 2.29. The average Bonchev–Trinajstić information content (AvgIpc) is 3.23. The second kappa shape index (κ2) is 6.64. The summed E-state index contributed by atoms with van der Waals surface area (Å²) in [5.74, 6) is -0.744. The van der Waals surface area contributed by atoms with Crippen molar-refractivity contribution < 1.29 is 14.7 Å². The molecule has 2 atom stereocenters. The number of amides is 2. The van der Waals surface area contributed by atoms with Gasteiger partial charge in [0.1, 0.15) is 6.04 Å². The molecular formula is C14H16Cl2N2O3. The van der Waals surface area contributed by atoms with Crippen molar-refractivity contribution in [1.29, 1.82) is 0 Å². The predicted molar refractivity (Wildman–Crippen MR) is 81.4 cm³/mol. The summed E-state index contributed by atoms with van der Waals surface area (Å²) in [6.45, 7) is 1.45. The van der Waals surface area contributed by atoms with Gasteiger partial charge in [0.25, 0.3) is 0 Å². The minimum Gasteiger partial charge on any atom is -0.391 e. The van der Waals surface area contributed by atoms with Crippen LogP contribution in [0.1, 0.15) is 19.8 Å². The van der Waals surface area contributed by atoms with Gasteiger partial charge in [0, 0.05) is 11.6 Å². The van der Waals surface area contributed by atoms with Crippen molar-refractivity contribution in [1.82, 2.24) is 5.32 Å². The van der Waals surface area contributed by atoms with Crippen molar-refractivity contribution in [3.63, 3.8) is 0 Å². The predicted octanol–water partition coefficient (Wildman–Crippen LogP) is 2.21. The second-order valence-corrected chi connectivity index (χ2v) is 5.93. The zero-order chi connectivity index (χ0) is 15.6. The molecule has 0 bridgehead atoms. The molecule has 1 aromatic carbocycles. The van der Waals surface area contributed by atoms with E-state index in [1.807, 2.05) is 0 Å². The Morgan fingerprint density at radius 3 is 2.48 bits per heavy atom. The van der Waals surface area contributed by atoms with Gasteiger partial charge in [0.2, 0.25) is 11.8 Å². The standard InChI is InChI=1S/C14H16Cl2N2O3/c1-7(19)12(18-13(20)8-2-3-8)14(21)17-9-4-5-10(15)11(16)6-9/h4-8,12,19H,2-3H2,1H3,(H,17,21)(H,18,20). The molecule has 1 aromatic rings. The van der Waals surface area contributed by atoms with Gasteiger partial charge in [-0.25, -0.2) is 0 Å². The fourth-order valence-corrected chi connectivity index (χ4v) is 2.11. The molecule has 0 spiro atoms. The van der Waals surface area contributed by atoms with Crippen LogP contribution in [0.4, 0.5) is 5.69 Å². The third-order valence-electron chi connectivity index (χ3n) is 3.20. The number of hydrogen-bond acceptors (Lipinski definition) is 3. The van der Waals surface area contributed by atoms with Crippen molar-refractivity contribution >= 4 is 40.7 Å². The quantitative estimate of drug-likeness (QED) is 0.774. The van der Waals surface area contributed by atoms with Crippen molar-refractivity contribution in [3.8, 4) is 0 Å². The summed E-state index contributed by atoms with van der Waals surface area (Å²) in [4.78, 5) is 23.9. The first-order valence-electron chi connectivity index (χ1n) is 6.63. The van der Waals surface area contributed by atoms with E-state index in [0.29, 0.717) is 15.7 Å². The number of rotatable bonds is 5. The first kappa shape index (κ1) is 16.1. The molecule has 2 unspecified atom stereocenters. The molecule has 114 valence electrons. The van der Waals surface area contributed by atoms with Gasteiger partial charge in [0.05, 0.1) is 16.1 Å². The topological polar surface area (TPSA) is 78.4 Å². The van der Waals surface area contributed by atoms with Crippen LogP contribution < -0.4 is 10.6 Å². The van der Waals surface area contributed by atoms with Gasteiger partial charge in [-0.1, -0.05) is 23.2 Å². The highest BCUT2D eigenvalue weighted by Gasteiger charge is 2.34. The molecule has 5 nitrogen and oxygen atoms in total. The summed E-state index contributed by atoms with van der Waals surface area (Å²) in [5.41, 5.74) is 0.445. The lowest BCUT2D eigenvalue weighted by Gasteiger charge is -2.21.